The molecule has 10 nitrogen and oxygen atoms in total. The summed E-state index contributed by atoms with van der Waals surface area (Å²) >= 11 is 14.8. The highest BCUT2D eigenvalue weighted by molar-refractivity contribution is 6.58. The number of ether oxygens (including phenoxy) is 1. The number of oxazole rings is 1. The number of para-hydroxylation sites is 2. The van der Waals surface area contributed by atoms with E-state index in [1.165, 1.54) is 25.3 Å². The Hall–Kier alpha value is -5.52. The fraction of sp³-hybridized carbons (Fsp3) is 0.225. The molecule has 3 fully saturated rings. The highest BCUT2D eigenvalue weighted by Crippen LogP contribution is 2.66. The van der Waals surface area contributed by atoms with Crippen LogP contribution in [0.3, 0.4) is 0 Å². The lowest BCUT2D eigenvalue weighted by Gasteiger charge is -2.50. The van der Waals surface area contributed by atoms with Crippen molar-refractivity contribution in [1.82, 2.24) is 4.98 Å². The predicted molar refractivity (Wildman–Crippen MR) is 193 cm³/mol. The number of amides is 4. The van der Waals surface area contributed by atoms with Crippen molar-refractivity contribution < 1.29 is 37.8 Å². The smallest absolute Gasteiger partial charge is 0.258 e. The summed E-state index contributed by atoms with van der Waals surface area (Å²) < 4.78 is 25.1. The lowest BCUT2D eigenvalue weighted by molar-refractivity contribution is -0.125. The van der Waals surface area contributed by atoms with Crippen molar-refractivity contribution in [1.29, 1.82) is 0 Å². The third-order valence-corrected chi connectivity index (χ3v) is 12.5. The summed E-state index contributed by atoms with van der Waals surface area (Å²) in [5.74, 6) is -6.53. The molecule has 2 aliphatic carbocycles. The lowest BCUT2D eigenvalue weighted by Crippen LogP contribution is -2.60. The molecule has 1 aromatic heterocycles. The summed E-state index contributed by atoms with van der Waals surface area (Å²) in [6.45, 7) is 0. The second kappa shape index (κ2) is 11.7. The maximum atomic E-state index is 14.5. The minimum atomic E-state index is -2.19. The zero-order valence-electron chi connectivity index (χ0n) is 27.8. The number of alkyl halides is 2. The van der Waals surface area contributed by atoms with Crippen LogP contribution in [0.1, 0.15) is 24.3 Å². The third kappa shape index (κ3) is 4.59. The van der Waals surface area contributed by atoms with Gasteiger partial charge < -0.3 is 14.3 Å². The van der Waals surface area contributed by atoms with Crippen molar-refractivity contribution in [2.75, 3.05) is 16.9 Å². The summed E-state index contributed by atoms with van der Waals surface area (Å²) in [6.07, 6.45) is 1.66. The van der Waals surface area contributed by atoms with Gasteiger partial charge in [0.1, 0.15) is 22.8 Å². The van der Waals surface area contributed by atoms with E-state index in [1.54, 1.807) is 42.5 Å². The van der Waals surface area contributed by atoms with E-state index in [-0.39, 0.29) is 29.8 Å². The number of imide groups is 2. The average molecular weight is 753 g/mol. The second-order valence-electron chi connectivity index (χ2n) is 13.7. The first-order valence-electron chi connectivity index (χ1n) is 16.9. The Bertz CT molecular complexity index is 2400. The summed E-state index contributed by atoms with van der Waals surface area (Å²) in [6, 6.07) is 23.3. The largest absolute Gasteiger partial charge is 0.508 e. The van der Waals surface area contributed by atoms with Gasteiger partial charge in [0.25, 0.3) is 11.8 Å². The lowest BCUT2D eigenvalue weighted by atomic mass is 9.56. The number of carbonyl (C=O) groups excluding carboxylic acids is 4. The first-order chi connectivity index (χ1) is 25.5. The number of carbonyl (C=O) groups is 4. The Morgan fingerprint density at radius 3 is 2.26 bits per heavy atom. The van der Waals surface area contributed by atoms with Gasteiger partial charge in [-0.3, -0.25) is 24.1 Å². The monoisotopic (exact) mass is 751 g/mol. The molecule has 6 atom stereocenters. The maximum Gasteiger partial charge on any atom is 0.258 e. The van der Waals surface area contributed by atoms with Crippen LogP contribution < -0.4 is 14.5 Å². The summed E-state index contributed by atoms with van der Waals surface area (Å²) in [7, 11) is 1.43. The Morgan fingerprint density at radius 1 is 0.868 bits per heavy atom. The number of hydrogen-bond acceptors (Lipinski definition) is 8. The van der Waals surface area contributed by atoms with E-state index in [0.717, 1.165) is 21.9 Å². The van der Waals surface area contributed by atoms with Gasteiger partial charge in [0.2, 0.25) is 17.7 Å². The van der Waals surface area contributed by atoms with Gasteiger partial charge in [-0.2, -0.15) is 0 Å². The number of phenolic OH excluding ortho intramolecular Hbond substituents is 1. The molecule has 1 N–H and O–H groups in total. The molecule has 3 heterocycles. The number of nitrogens with zero attached hydrogens (tertiary/aromatic N) is 3. The molecule has 2 saturated heterocycles. The number of fused-ring (bicyclic) bond motifs is 5. The van der Waals surface area contributed by atoms with E-state index in [9.17, 15) is 28.7 Å². The Balaban J connectivity index is 1.12. The first kappa shape index (κ1) is 33.3. The van der Waals surface area contributed by atoms with Crippen molar-refractivity contribution in [3.8, 4) is 23.0 Å². The average Bonchev–Trinajstić information content (AvgIpc) is 3.75. The molecule has 5 aromatic rings. The number of benzene rings is 4. The van der Waals surface area contributed by atoms with Crippen molar-refractivity contribution in [3.63, 3.8) is 0 Å². The maximum absolute atomic E-state index is 14.5. The van der Waals surface area contributed by atoms with Crippen LogP contribution in [0.15, 0.2) is 107 Å². The van der Waals surface area contributed by atoms with Crippen molar-refractivity contribution >= 4 is 69.3 Å². The Labute approximate surface area is 311 Å². The fourth-order valence-electron chi connectivity index (χ4n) is 8.64. The van der Waals surface area contributed by atoms with E-state index in [4.69, 9.17) is 32.4 Å². The standard InChI is InChI=1S/C40H28Cl2FN3O7/c1-52-24-14-15-26(30(47)18-24)33-25-16-17-27-32(28(25)19-39(41)37(50)46(38(51)40(33,39)42)23-12-8-21(43)9-13-23)36(49)45(35(27)48)22-10-6-20(7-11-22)34-44-29-4-2-3-5-31(29)53-34/h2-16,18,27-28,32-33,47H,17,19H2,1H3/t27-,28+,32-,33+,39+,40-/m0/s1. The SMILES string of the molecule is COc1ccc([C@H]2C3=CC[C@@H]4C(=O)N(c5ccc(-c6nc7ccccc7o6)cc5)C(=O)[C@@H]4[C@@H]3C[C@@]3(Cl)C(=O)N(c4ccc(F)cc4)C(=O)[C@@]23Cl)c(O)c1. The van der Waals surface area contributed by atoms with Crippen LogP contribution in [-0.4, -0.2) is 50.6 Å². The molecule has 4 aromatic carbocycles. The molecular weight excluding hydrogens is 724 g/mol. The molecule has 266 valence electrons. The van der Waals surface area contributed by atoms with E-state index in [2.05, 4.69) is 4.98 Å². The van der Waals surface area contributed by atoms with Crippen molar-refractivity contribution in [2.45, 2.75) is 28.5 Å². The quantitative estimate of drug-likeness (QED) is 0.114. The van der Waals surface area contributed by atoms with Gasteiger partial charge in [0.05, 0.1) is 30.3 Å². The number of allylic oxidation sites excluding steroid dienone is 2. The number of hydrogen-bond donors (Lipinski definition) is 1. The zero-order valence-corrected chi connectivity index (χ0v) is 29.3. The number of phenols is 1. The van der Waals surface area contributed by atoms with Crippen LogP contribution in [0.25, 0.3) is 22.6 Å². The van der Waals surface area contributed by atoms with Gasteiger partial charge in [-0.1, -0.05) is 29.8 Å². The van der Waals surface area contributed by atoms with E-state index < -0.39 is 62.9 Å². The molecule has 0 unspecified atom stereocenters. The number of aromatic nitrogens is 1. The molecular formula is C40H28Cl2FN3O7. The second-order valence-corrected chi connectivity index (χ2v) is 15.0. The molecule has 4 amide bonds. The number of methoxy groups -OCH3 is 1. The normalized spacial score (nSPS) is 27.9. The molecule has 1 saturated carbocycles. The molecule has 4 aliphatic rings. The van der Waals surface area contributed by atoms with Crippen LogP contribution >= 0.6 is 23.2 Å². The number of anilines is 2. The van der Waals surface area contributed by atoms with Gasteiger partial charge in [-0.05, 0) is 85.5 Å². The van der Waals surface area contributed by atoms with Crippen LogP contribution in [0.2, 0.25) is 0 Å². The van der Waals surface area contributed by atoms with Crippen LogP contribution in [-0.2, 0) is 19.2 Å². The molecule has 0 bridgehead atoms. The van der Waals surface area contributed by atoms with Gasteiger partial charge in [0.15, 0.2) is 15.3 Å². The fourth-order valence-corrected chi connectivity index (χ4v) is 9.57. The number of aromatic hydroxyl groups is 1. The van der Waals surface area contributed by atoms with Crippen molar-refractivity contribution in [2.24, 2.45) is 17.8 Å². The van der Waals surface area contributed by atoms with Crippen LogP contribution in [0.5, 0.6) is 11.5 Å². The number of rotatable bonds is 5. The predicted octanol–water partition coefficient (Wildman–Crippen LogP) is 7.12. The van der Waals surface area contributed by atoms with Crippen LogP contribution in [0.4, 0.5) is 15.8 Å². The molecule has 9 rings (SSSR count). The van der Waals surface area contributed by atoms with Gasteiger partial charge in [0, 0.05) is 23.1 Å². The first-order valence-corrected chi connectivity index (χ1v) is 17.6. The van der Waals surface area contributed by atoms with E-state index in [0.29, 0.717) is 39.6 Å². The molecule has 53 heavy (non-hydrogen) atoms. The summed E-state index contributed by atoms with van der Waals surface area (Å²) in [5.41, 5.74) is 3.07. The molecule has 2 aliphatic heterocycles. The zero-order chi connectivity index (χ0) is 37.0. The van der Waals surface area contributed by atoms with Gasteiger partial charge in [-0.15, -0.1) is 23.2 Å². The Kier molecular flexibility index (Phi) is 7.38. The van der Waals surface area contributed by atoms with Crippen LogP contribution in [0, 0.1) is 23.6 Å². The highest BCUT2D eigenvalue weighted by atomic mass is 35.5. The highest BCUT2D eigenvalue weighted by Gasteiger charge is 2.77. The summed E-state index contributed by atoms with van der Waals surface area (Å²) in [5, 5.41) is 11.4. The molecule has 13 heteroatoms. The minimum Gasteiger partial charge on any atom is -0.508 e. The van der Waals surface area contributed by atoms with E-state index >= 15 is 0 Å². The van der Waals surface area contributed by atoms with Gasteiger partial charge >= 0.3 is 0 Å². The minimum absolute atomic E-state index is 0.0583. The van der Waals surface area contributed by atoms with Crippen molar-refractivity contribution in [3.05, 3.63) is 114 Å². The Morgan fingerprint density at radius 2 is 1.57 bits per heavy atom. The third-order valence-electron chi connectivity index (χ3n) is 11.1. The van der Waals surface area contributed by atoms with E-state index in [1.807, 2.05) is 24.3 Å². The molecule has 0 spiro atoms. The topological polar surface area (TPSA) is 130 Å². The molecule has 0 radical (unpaired) electrons. The number of halogens is 3. The van der Waals surface area contributed by atoms with Gasteiger partial charge in [-0.25, -0.2) is 14.3 Å². The summed E-state index contributed by atoms with van der Waals surface area (Å²) in [4.78, 5) is 59.8.